The van der Waals surface area contributed by atoms with E-state index in [4.69, 9.17) is 5.73 Å². The number of benzene rings is 1. The van der Waals surface area contributed by atoms with Crippen LogP contribution in [0.4, 0.5) is 14.5 Å². The first-order valence-electron chi connectivity index (χ1n) is 5.98. The van der Waals surface area contributed by atoms with Gasteiger partial charge in [-0.1, -0.05) is 0 Å². The number of rotatable bonds is 1. The third kappa shape index (κ3) is 3.00. The Hall–Kier alpha value is -1.30. The number of anilines is 1. The smallest absolute Gasteiger partial charge is 0.257 e. The zero-order valence-corrected chi connectivity index (χ0v) is 11.7. The number of hydrogen-bond acceptors (Lipinski definition) is 3. The number of amides is 1. The summed E-state index contributed by atoms with van der Waals surface area (Å²) in [6, 6.07) is 1.78. The third-order valence-corrected chi connectivity index (χ3v) is 4.31. The van der Waals surface area contributed by atoms with Crippen LogP contribution < -0.4 is 5.73 Å². The normalized spacial score (nSPS) is 18.4. The molecular weight excluding hydrogens is 270 g/mol. The predicted molar refractivity (Wildman–Crippen MR) is 73.2 cm³/mol. The van der Waals surface area contributed by atoms with Gasteiger partial charge in [-0.3, -0.25) is 4.79 Å². The van der Waals surface area contributed by atoms with Crippen molar-refractivity contribution in [3.05, 3.63) is 29.3 Å². The molecule has 1 aliphatic rings. The SMILES string of the molecule is CC1(C)CN(C(=O)c2cc(F)cc(N)c2F)CCS1. The number of carbonyl (C=O) groups excluding carboxylic acids is 1. The zero-order valence-electron chi connectivity index (χ0n) is 10.9. The van der Waals surface area contributed by atoms with Crippen molar-refractivity contribution in [3.63, 3.8) is 0 Å². The van der Waals surface area contributed by atoms with Crippen LogP contribution in [-0.4, -0.2) is 34.4 Å². The van der Waals surface area contributed by atoms with Crippen LogP contribution in [0.1, 0.15) is 24.2 Å². The maximum atomic E-state index is 13.8. The molecule has 0 radical (unpaired) electrons. The maximum Gasteiger partial charge on any atom is 0.257 e. The summed E-state index contributed by atoms with van der Waals surface area (Å²) in [5.41, 5.74) is 4.72. The molecule has 6 heteroatoms. The molecule has 0 saturated carbocycles. The first-order valence-corrected chi connectivity index (χ1v) is 6.96. The molecule has 1 heterocycles. The average Bonchev–Trinajstić information content (AvgIpc) is 2.31. The summed E-state index contributed by atoms with van der Waals surface area (Å²) < 4.78 is 27.0. The van der Waals surface area contributed by atoms with Crippen LogP contribution in [0.3, 0.4) is 0 Å². The highest BCUT2D eigenvalue weighted by Crippen LogP contribution is 2.30. The number of carbonyl (C=O) groups is 1. The van der Waals surface area contributed by atoms with E-state index in [9.17, 15) is 13.6 Å². The molecule has 1 saturated heterocycles. The summed E-state index contributed by atoms with van der Waals surface area (Å²) in [6.45, 7) is 5.08. The van der Waals surface area contributed by atoms with Gasteiger partial charge >= 0.3 is 0 Å². The van der Waals surface area contributed by atoms with E-state index in [0.717, 1.165) is 17.9 Å². The molecule has 0 unspecified atom stereocenters. The topological polar surface area (TPSA) is 46.3 Å². The Morgan fingerprint density at radius 2 is 2.11 bits per heavy atom. The van der Waals surface area contributed by atoms with Crippen molar-refractivity contribution in [2.24, 2.45) is 0 Å². The molecule has 2 rings (SSSR count). The Labute approximate surface area is 115 Å². The first kappa shape index (κ1) is 14.1. The quantitative estimate of drug-likeness (QED) is 0.807. The second-order valence-electron chi connectivity index (χ2n) is 5.19. The third-order valence-electron chi connectivity index (χ3n) is 3.01. The Morgan fingerprint density at radius 3 is 2.74 bits per heavy atom. The van der Waals surface area contributed by atoms with Crippen LogP contribution in [0.25, 0.3) is 0 Å². The second-order valence-corrected chi connectivity index (χ2v) is 6.99. The lowest BCUT2D eigenvalue weighted by molar-refractivity contribution is 0.0743. The average molecular weight is 286 g/mol. The number of halogens is 2. The fourth-order valence-electron chi connectivity index (χ4n) is 2.13. The fraction of sp³-hybridized carbons (Fsp3) is 0.462. The van der Waals surface area contributed by atoms with Crippen molar-refractivity contribution in [2.75, 3.05) is 24.6 Å². The molecular formula is C13H16F2N2OS. The van der Waals surface area contributed by atoms with Crippen molar-refractivity contribution in [1.29, 1.82) is 0 Å². The molecule has 0 aromatic heterocycles. The molecule has 0 spiro atoms. The van der Waals surface area contributed by atoms with Gasteiger partial charge in [-0.25, -0.2) is 8.78 Å². The van der Waals surface area contributed by atoms with E-state index in [2.05, 4.69) is 0 Å². The zero-order chi connectivity index (χ0) is 14.2. The van der Waals surface area contributed by atoms with E-state index in [1.54, 1.807) is 16.7 Å². The van der Waals surface area contributed by atoms with Gasteiger partial charge in [-0.2, -0.15) is 11.8 Å². The minimum absolute atomic E-state index is 0.0801. The molecule has 19 heavy (non-hydrogen) atoms. The van der Waals surface area contributed by atoms with Crippen LogP contribution in [0.2, 0.25) is 0 Å². The van der Waals surface area contributed by atoms with Crippen molar-refractivity contribution >= 4 is 23.4 Å². The van der Waals surface area contributed by atoms with Gasteiger partial charge in [0.15, 0.2) is 5.82 Å². The van der Waals surface area contributed by atoms with Crippen molar-refractivity contribution < 1.29 is 13.6 Å². The molecule has 0 bridgehead atoms. The Bertz CT molecular complexity index is 520. The van der Waals surface area contributed by atoms with E-state index in [1.807, 2.05) is 13.8 Å². The Morgan fingerprint density at radius 1 is 1.42 bits per heavy atom. The van der Waals surface area contributed by atoms with Crippen molar-refractivity contribution in [3.8, 4) is 0 Å². The minimum Gasteiger partial charge on any atom is -0.396 e. The van der Waals surface area contributed by atoms with Gasteiger partial charge in [0.1, 0.15) is 5.82 Å². The lowest BCUT2D eigenvalue weighted by atomic mass is 10.1. The van der Waals surface area contributed by atoms with Gasteiger partial charge in [0, 0.05) is 23.6 Å². The van der Waals surface area contributed by atoms with Gasteiger partial charge in [0.2, 0.25) is 0 Å². The number of nitrogens with two attached hydrogens (primary N) is 1. The van der Waals surface area contributed by atoms with Gasteiger partial charge < -0.3 is 10.6 Å². The summed E-state index contributed by atoms with van der Waals surface area (Å²) >= 11 is 1.76. The standard InChI is InChI=1S/C13H16F2N2OS/c1-13(2)7-17(3-4-19-13)12(18)9-5-8(14)6-10(16)11(9)15/h5-6H,3-4,7,16H2,1-2H3. The monoisotopic (exact) mass is 286 g/mol. The summed E-state index contributed by atoms with van der Waals surface area (Å²) in [4.78, 5) is 13.8. The molecule has 3 nitrogen and oxygen atoms in total. The van der Waals surface area contributed by atoms with Crippen LogP contribution >= 0.6 is 11.8 Å². The van der Waals surface area contributed by atoms with Crippen LogP contribution in [0.5, 0.6) is 0 Å². The predicted octanol–water partition coefficient (Wildman–Crippen LogP) is 2.51. The molecule has 0 aliphatic carbocycles. The molecule has 1 fully saturated rings. The summed E-state index contributed by atoms with van der Waals surface area (Å²) in [5, 5.41) is 0. The largest absolute Gasteiger partial charge is 0.396 e. The number of nitrogen functional groups attached to an aromatic ring is 1. The fourth-order valence-corrected chi connectivity index (χ4v) is 3.24. The molecule has 1 aliphatic heterocycles. The van der Waals surface area contributed by atoms with Crippen LogP contribution in [0.15, 0.2) is 12.1 Å². The molecule has 104 valence electrons. The highest BCUT2D eigenvalue weighted by molar-refractivity contribution is 8.00. The van der Waals surface area contributed by atoms with E-state index < -0.39 is 17.5 Å². The van der Waals surface area contributed by atoms with Gasteiger partial charge in [0.05, 0.1) is 11.3 Å². The number of hydrogen-bond donors (Lipinski definition) is 1. The van der Waals surface area contributed by atoms with Crippen LogP contribution in [-0.2, 0) is 0 Å². The Balaban J connectivity index is 2.29. The minimum atomic E-state index is -0.845. The molecule has 1 aromatic carbocycles. The highest BCUT2D eigenvalue weighted by Gasteiger charge is 2.31. The summed E-state index contributed by atoms with van der Waals surface area (Å²) in [6.07, 6.45) is 0. The molecule has 1 aromatic rings. The maximum absolute atomic E-state index is 13.8. The molecule has 0 atom stereocenters. The van der Waals surface area contributed by atoms with Gasteiger partial charge in [-0.15, -0.1) is 0 Å². The van der Waals surface area contributed by atoms with Crippen molar-refractivity contribution in [1.82, 2.24) is 4.90 Å². The summed E-state index contributed by atoms with van der Waals surface area (Å²) in [5.74, 6) is -1.27. The molecule has 2 N–H and O–H groups in total. The number of thioether (sulfide) groups is 1. The van der Waals surface area contributed by atoms with E-state index in [1.165, 1.54) is 0 Å². The van der Waals surface area contributed by atoms with Crippen molar-refractivity contribution in [2.45, 2.75) is 18.6 Å². The van der Waals surface area contributed by atoms with Gasteiger partial charge in [-0.05, 0) is 26.0 Å². The lowest BCUT2D eigenvalue weighted by Gasteiger charge is -2.37. The first-order chi connectivity index (χ1) is 8.80. The lowest BCUT2D eigenvalue weighted by Crippen LogP contribution is -2.46. The summed E-state index contributed by atoms with van der Waals surface area (Å²) in [7, 11) is 0. The van der Waals surface area contributed by atoms with Gasteiger partial charge in [0.25, 0.3) is 5.91 Å². The van der Waals surface area contributed by atoms with E-state index in [0.29, 0.717) is 13.1 Å². The highest BCUT2D eigenvalue weighted by atomic mass is 32.2. The Kier molecular flexibility index (Phi) is 3.71. The van der Waals surface area contributed by atoms with E-state index in [-0.39, 0.29) is 16.0 Å². The van der Waals surface area contributed by atoms with E-state index >= 15 is 0 Å². The van der Waals surface area contributed by atoms with Crippen LogP contribution in [0, 0.1) is 11.6 Å². The molecule has 1 amide bonds. The number of nitrogens with zero attached hydrogens (tertiary/aromatic N) is 1. The second kappa shape index (κ2) is 5.00.